The second-order valence-corrected chi connectivity index (χ2v) is 10.7. The van der Waals surface area contributed by atoms with Crippen LogP contribution in [0, 0.1) is 29.6 Å². The van der Waals surface area contributed by atoms with E-state index in [1.54, 1.807) is 30.3 Å². The zero-order valence-corrected chi connectivity index (χ0v) is 17.9. The summed E-state index contributed by atoms with van der Waals surface area (Å²) in [6, 6.07) is 6.99. The number of amides is 1. The van der Waals surface area contributed by atoms with Gasteiger partial charge in [0.05, 0.1) is 10.5 Å². The van der Waals surface area contributed by atoms with E-state index in [0.717, 1.165) is 11.8 Å². The average Bonchev–Trinajstić information content (AvgIpc) is 3.27. The predicted molar refractivity (Wildman–Crippen MR) is 118 cm³/mol. The Bertz CT molecular complexity index is 1050. The third kappa shape index (κ3) is 2.97. The van der Waals surface area contributed by atoms with Crippen molar-refractivity contribution in [2.45, 2.75) is 38.1 Å². The zero-order chi connectivity index (χ0) is 20.4. The van der Waals surface area contributed by atoms with Crippen LogP contribution in [0.4, 0.5) is 4.39 Å². The van der Waals surface area contributed by atoms with Gasteiger partial charge in [-0.2, -0.15) is 4.39 Å². The zero-order valence-electron chi connectivity index (χ0n) is 16.3. The van der Waals surface area contributed by atoms with Crippen LogP contribution in [0.2, 0.25) is 0 Å². The highest BCUT2D eigenvalue weighted by Crippen LogP contribution is 2.56. The predicted octanol–water partition coefficient (Wildman–Crippen LogP) is 5.51. The van der Waals surface area contributed by atoms with Crippen molar-refractivity contribution in [1.29, 1.82) is 0 Å². The number of carbonyl (C=O) groups excluding carboxylic acids is 1. The second kappa shape index (κ2) is 7.02. The van der Waals surface area contributed by atoms with Gasteiger partial charge in [-0.05, 0) is 80.0 Å². The molecule has 0 N–H and O–H groups in total. The van der Waals surface area contributed by atoms with Gasteiger partial charge < -0.3 is 4.42 Å². The van der Waals surface area contributed by atoms with E-state index in [0.29, 0.717) is 38.1 Å². The number of thiocarbonyl (C=S) groups is 1. The lowest BCUT2D eigenvalue weighted by Crippen LogP contribution is -2.57. The van der Waals surface area contributed by atoms with E-state index in [1.807, 2.05) is 4.90 Å². The van der Waals surface area contributed by atoms with Gasteiger partial charge in [-0.1, -0.05) is 24.0 Å². The van der Waals surface area contributed by atoms with E-state index in [4.69, 9.17) is 16.6 Å². The number of furan rings is 1. The highest BCUT2D eigenvalue weighted by Gasteiger charge is 2.53. The fourth-order valence-electron chi connectivity index (χ4n) is 6.33. The van der Waals surface area contributed by atoms with Gasteiger partial charge in [-0.3, -0.25) is 9.69 Å². The molecule has 2 aromatic heterocycles. The van der Waals surface area contributed by atoms with Crippen LogP contribution < -0.4 is 0 Å². The van der Waals surface area contributed by atoms with Gasteiger partial charge in [0.25, 0.3) is 5.91 Å². The minimum atomic E-state index is -0.577. The van der Waals surface area contributed by atoms with Crippen molar-refractivity contribution in [3.63, 3.8) is 0 Å². The molecule has 154 valence electrons. The maximum atomic E-state index is 13.9. The summed E-state index contributed by atoms with van der Waals surface area (Å²) in [5.74, 6) is 3.21. The molecule has 0 aromatic carbocycles. The number of aromatic nitrogens is 1. The molecule has 4 saturated carbocycles. The summed E-state index contributed by atoms with van der Waals surface area (Å²) in [5.41, 5.74) is 0.304. The Hall–Kier alpha value is -1.99. The van der Waals surface area contributed by atoms with E-state index in [2.05, 4.69) is 4.98 Å². The van der Waals surface area contributed by atoms with Crippen LogP contribution in [0.25, 0.3) is 17.4 Å². The third-order valence-corrected chi connectivity index (χ3v) is 8.55. The average molecular weight is 441 g/mol. The van der Waals surface area contributed by atoms with Crippen LogP contribution in [0.5, 0.6) is 0 Å². The quantitative estimate of drug-likeness (QED) is 0.358. The summed E-state index contributed by atoms with van der Waals surface area (Å²) in [6.45, 7) is 0. The third-order valence-electron chi connectivity index (χ3n) is 7.22. The highest BCUT2D eigenvalue weighted by molar-refractivity contribution is 8.26. The van der Waals surface area contributed by atoms with Crippen molar-refractivity contribution in [3.05, 3.63) is 47.1 Å². The molecule has 7 heteroatoms. The lowest BCUT2D eigenvalue weighted by Gasteiger charge is -2.56. The van der Waals surface area contributed by atoms with Gasteiger partial charge in [0, 0.05) is 18.3 Å². The maximum Gasteiger partial charge on any atom is 0.266 e. The topological polar surface area (TPSA) is 46.3 Å². The number of pyridine rings is 1. The number of halogens is 1. The number of thioether (sulfide) groups is 1. The molecule has 1 saturated heterocycles. The summed E-state index contributed by atoms with van der Waals surface area (Å²) in [4.78, 5) is 19.5. The number of hydrogen-bond acceptors (Lipinski definition) is 5. The van der Waals surface area contributed by atoms with E-state index >= 15 is 0 Å². The first kappa shape index (κ1) is 18.8. The lowest BCUT2D eigenvalue weighted by molar-refractivity contribution is -0.130. The first-order valence-electron chi connectivity index (χ1n) is 10.5. The van der Waals surface area contributed by atoms with E-state index < -0.39 is 5.95 Å². The molecule has 0 radical (unpaired) electrons. The summed E-state index contributed by atoms with van der Waals surface area (Å²) < 4.78 is 20.4. The van der Waals surface area contributed by atoms with E-state index in [-0.39, 0.29) is 11.9 Å². The van der Waals surface area contributed by atoms with Crippen molar-refractivity contribution in [2.24, 2.45) is 23.7 Å². The normalized spacial score (nSPS) is 33.8. The summed E-state index contributed by atoms with van der Waals surface area (Å²) in [7, 11) is 0. The van der Waals surface area contributed by atoms with Crippen LogP contribution in [0.1, 0.15) is 37.9 Å². The van der Waals surface area contributed by atoms with Gasteiger partial charge in [0.1, 0.15) is 15.8 Å². The summed E-state index contributed by atoms with van der Waals surface area (Å²) >= 11 is 7.00. The van der Waals surface area contributed by atoms with Crippen molar-refractivity contribution in [2.75, 3.05) is 0 Å². The van der Waals surface area contributed by atoms with Gasteiger partial charge in [-0.25, -0.2) is 4.98 Å². The van der Waals surface area contributed by atoms with Crippen LogP contribution in [-0.4, -0.2) is 26.2 Å². The van der Waals surface area contributed by atoms with Gasteiger partial charge in [0.2, 0.25) is 5.95 Å². The first-order chi connectivity index (χ1) is 14.6. The Morgan fingerprint density at radius 3 is 2.57 bits per heavy atom. The Morgan fingerprint density at radius 2 is 1.87 bits per heavy atom. The fourth-order valence-corrected chi connectivity index (χ4v) is 7.65. The molecule has 0 unspecified atom stereocenters. The molecule has 5 fully saturated rings. The van der Waals surface area contributed by atoms with Crippen molar-refractivity contribution in [3.8, 4) is 11.3 Å². The molecule has 1 aliphatic heterocycles. The molecule has 0 spiro atoms. The van der Waals surface area contributed by atoms with Crippen molar-refractivity contribution >= 4 is 40.3 Å². The molecule has 2 aromatic rings. The largest absolute Gasteiger partial charge is 0.457 e. The molecule has 4 aliphatic carbocycles. The Balaban J connectivity index is 1.26. The first-order valence-corrected chi connectivity index (χ1v) is 11.8. The molecule has 4 bridgehead atoms. The minimum absolute atomic E-state index is 0.00650. The second-order valence-electron chi connectivity index (χ2n) is 9.02. The summed E-state index contributed by atoms with van der Waals surface area (Å²) in [6.07, 6.45) is 9.48. The molecule has 7 rings (SSSR count). The molecule has 5 aliphatic rings. The SMILES string of the molecule is O=C1C(=Cc2ccc(-c3cccnc3F)o2)SC(=S)N1C1C2CC3CC(C2)CC1C3. The standard InChI is InChI=1S/C23H21FN2O2S2/c24-21-17(2-1-5-25-21)18-4-3-16(28-18)11-19-22(27)26(23(29)30-19)20-14-7-12-6-13(9-14)10-15(20)8-12/h1-5,11-15,20H,6-10H2. The van der Waals surface area contributed by atoms with Crippen molar-refractivity contribution < 1.29 is 13.6 Å². The molecule has 1 amide bonds. The van der Waals surface area contributed by atoms with Gasteiger partial charge >= 0.3 is 0 Å². The van der Waals surface area contributed by atoms with Crippen LogP contribution in [0.3, 0.4) is 0 Å². The number of nitrogens with zero attached hydrogens (tertiary/aromatic N) is 2. The van der Waals surface area contributed by atoms with Gasteiger partial charge in [-0.15, -0.1) is 0 Å². The highest BCUT2D eigenvalue weighted by atomic mass is 32.2. The number of rotatable bonds is 3. The van der Waals surface area contributed by atoms with Crippen LogP contribution >= 0.6 is 24.0 Å². The number of carbonyl (C=O) groups is 1. The Morgan fingerprint density at radius 1 is 1.13 bits per heavy atom. The smallest absolute Gasteiger partial charge is 0.266 e. The minimum Gasteiger partial charge on any atom is -0.457 e. The molecule has 3 heterocycles. The van der Waals surface area contributed by atoms with Crippen LogP contribution in [-0.2, 0) is 4.79 Å². The molecule has 0 atom stereocenters. The van der Waals surface area contributed by atoms with Crippen LogP contribution in [0.15, 0.2) is 39.8 Å². The number of hydrogen-bond donors (Lipinski definition) is 0. The van der Waals surface area contributed by atoms with Crippen molar-refractivity contribution in [1.82, 2.24) is 9.88 Å². The van der Waals surface area contributed by atoms with E-state index in [9.17, 15) is 9.18 Å². The van der Waals surface area contributed by atoms with E-state index in [1.165, 1.54) is 50.1 Å². The fraction of sp³-hybridized carbons (Fsp3) is 0.435. The lowest BCUT2D eigenvalue weighted by atomic mass is 9.54. The maximum absolute atomic E-state index is 13.9. The monoisotopic (exact) mass is 440 g/mol. The molecular weight excluding hydrogens is 419 g/mol. The molecular formula is C23H21FN2O2S2. The Kier molecular flexibility index (Phi) is 4.39. The molecule has 30 heavy (non-hydrogen) atoms. The summed E-state index contributed by atoms with van der Waals surface area (Å²) in [5, 5.41) is 0. The Labute approximate surface area is 183 Å². The van der Waals surface area contributed by atoms with Gasteiger partial charge in [0.15, 0.2) is 0 Å². The molecule has 4 nitrogen and oxygen atoms in total.